The molecule has 0 aliphatic carbocycles. The molecule has 3 aromatic rings. The van der Waals surface area contributed by atoms with E-state index in [2.05, 4.69) is 4.98 Å². The summed E-state index contributed by atoms with van der Waals surface area (Å²) in [5, 5.41) is 1.59. The van der Waals surface area contributed by atoms with E-state index in [1.54, 1.807) is 12.1 Å². The summed E-state index contributed by atoms with van der Waals surface area (Å²) in [5.74, 6) is 0.528. The van der Waals surface area contributed by atoms with Crippen molar-refractivity contribution in [3.63, 3.8) is 0 Å². The van der Waals surface area contributed by atoms with Crippen LogP contribution < -0.4 is 5.63 Å². The van der Waals surface area contributed by atoms with E-state index in [1.165, 1.54) is 28.3 Å². The highest BCUT2D eigenvalue weighted by Crippen LogP contribution is 2.28. The molecule has 3 rings (SSSR count). The van der Waals surface area contributed by atoms with Crippen LogP contribution in [0.1, 0.15) is 30.5 Å². The molecule has 0 fully saturated rings. The molecule has 0 bridgehead atoms. The highest BCUT2D eigenvalue weighted by molar-refractivity contribution is 7.98. The number of benzene rings is 1. The number of hydrogen-bond acceptors (Lipinski definition) is 6. The Labute approximate surface area is 175 Å². The van der Waals surface area contributed by atoms with Crippen LogP contribution in [0.15, 0.2) is 55.7 Å². The fourth-order valence-electron chi connectivity index (χ4n) is 3.07. The Morgan fingerprint density at radius 3 is 2.38 bits per heavy atom. The normalized spacial score (nSPS) is 12.0. The number of rotatable bonds is 7. The van der Waals surface area contributed by atoms with Crippen molar-refractivity contribution in [2.75, 3.05) is 13.1 Å². The van der Waals surface area contributed by atoms with Gasteiger partial charge in [-0.05, 0) is 54.8 Å². The lowest BCUT2D eigenvalue weighted by Gasteiger charge is -2.18. The van der Waals surface area contributed by atoms with E-state index in [-0.39, 0.29) is 10.5 Å². The third-order valence-electron chi connectivity index (χ3n) is 4.87. The average molecular weight is 433 g/mol. The molecule has 154 valence electrons. The van der Waals surface area contributed by atoms with E-state index >= 15 is 0 Å². The molecule has 0 spiro atoms. The van der Waals surface area contributed by atoms with E-state index in [0.717, 1.165) is 22.1 Å². The number of aryl methyl sites for hydroxylation is 2. The van der Waals surface area contributed by atoms with Crippen LogP contribution in [-0.4, -0.2) is 30.8 Å². The number of fused-ring (bicyclic) bond motifs is 1. The summed E-state index contributed by atoms with van der Waals surface area (Å²) < 4.78 is 31.9. The minimum absolute atomic E-state index is 0.183. The van der Waals surface area contributed by atoms with Gasteiger partial charge in [-0.3, -0.25) is 0 Å². The minimum Gasteiger partial charge on any atom is -0.423 e. The number of hydrogen-bond donors (Lipinski definition) is 0. The zero-order valence-electron chi connectivity index (χ0n) is 16.9. The van der Waals surface area contributed by atoms with Crippen molar-refractivity contribution >= 4 is 32.8 Å². The SMILES string of the molecule is CCN(CC)S(=O)(=O)c1ccc(SCc2cc(=O)oc3cc(C)c(C)cc23)nc1. The van der Waals surface area contributed by atoms with E-state index in [4.69, 9.17) is 4.42 Å². The van der Waals surface area contributed by atoms with Gasteiger partial charge in [-0.1, -0.05) is 13.8 Å². The number of pyridine rings is 1. The summed E-state index contributed by atoms with van der Waals surface area (Å²) in [6, 6.07) is 8.68. The largest absolute Gasteiger partial charge is 0.423 e. The topological polar surface area (TPSA) is 80.5 Å². The summed E-state index contributed by atoms with van der Waals surface area (Å²) >= 11 is 1.45. The van der Waals surface area contributed by atoms with Crippen molar-refractivity contribution in [3.8, 4) is 0 Å². The third kappa shape index (κ3) is 4.55. The smallest absolute Gasteiger partial charge is 0.336 e. The summed E-state index contributed by atoms with van der Waals surface area (Å²) in [7, 11) is -3.52. The molecule has 0 atom stereocenters. The third-order valence-corrected chi connectivity index (χ3v) is 7.90. The maximum absolute atomic E-state index is 12.6. The Hall–Kier alpha value is -2.16. The molecule has 0 aliphatic rings. The Morgan fingerprint density at radius 2 is 1.76 bits per heavy atom. The monoisotopic (exact) mass is 432 g/mol. The lowest BCUT2D eigenvalue weighted by atomic mass is 10.0. The van der Waals surface area contributed by atoms with Crippen LogP contribution >= 0.6 is 11.8 Å². The van der Waals surface area contributed by atoms with Crippen molar-refractivity contribution in [1.29, 1.82) is 0 Å². The van der Waals surface area contributed by atoms with E-state index in [1.807, 2.05) is 39.8 Å². The molecule has 0 radical (unpaired) electrons. The highest BCUT2D eigenvalue weighted by atomic mass is 32.2. The van der Waals surface area contributed by atoms with Crippen LogP contribution in [0.4, 0.5) is 0 Å². The van der Waals surface area contributed by atoms with Crippen molar-refractivity contribution in [2.45, 2.75) is 43.4 Å². The summed E-state index contributed by atoms with van der Waals surface area (Å²) in [6.45, 7) is 8.45. The molecule has 2 heterocycles. The first-order valence-corrected chi connectivity index (χ1v) is 11.8. The highest BCUT2D eigenvalue weighted by Gasteiger charge is 2.21. The molecular weight excluding hydrogens is 408 g/mol. The molecule has 2 aromatic heterocycles. The maximum Gasteiger partial charge on any atom is 0.336 e. The van der Waals surface area contributed by atoms with Gasteiger partial charge in [0.1, 0.15) is 10.5 Å². The van der Waals surface area contributed by atoms with Crippen molar-refractivity contribution in [3.05, 3.63) is 63.6 Å². The molecule has 0 saturated carbocycles. The van der Waals surface area contributed by atoms with Gasteiger partial charge in [-0.2, -0.15) is 4.31 Å². The number of nitrogens with zero attached hydrogens (tertiary/aromatic N) is 2. The van der Waals surface area contributed by atoms with Gasteiger partial charge in [0.15, 0.2) is 0 Å². The zero-order chi connectivity index (χ0) is 21.2. The van der Waals surface area contributed by atoms with Crippen LogP contribution in [-0.2, 0) is 15.8 Å². The molecule has 1 aromatic carbocycles. The number of sulfonamides is 1. The van der Waals surface area contributed by atoms with Crippen LogP contribution in [0.3, 0.4) is 0 Å². The average Bonchev–Trinajstić information content (AvgIpc) is 2.68. The molecule has 8 heteroatoms. The van der Waals surface area contributed by atoms with Crippen LogP contribution in [0, 0.1) is 13.8 Å². The molecule has 0 N–H and O–H groups in total. The van der Waals surface area contributed by atoms with E-state index < -0.39 is 10.0 Å². The maximum atomic E-state index is 12.6. The van der Waals surface area contributed by atoms with Gasteiger partial charge in [-0.25, -0.2) is 18.2 Å². The summed E-state index contributed by atoms with van der Waals surface area (Å²) in [5.41, 5.74) is 3.25. The van der Waals surface area contributed by atoms with Gasteiger partial charge in [0.25, 0.3) is 0 Å². The lowest BCUT2D eigenvalue weighted by molar-refractivity contribution is 0.445. The second-order valence-electron chi connectivity index (χ2n) is 6.73. The van der Waals surface area contributed by atoms with Crippen LogP contribution in [0.5, 0.6) is 0 Å². The van der Waals surface area contributed by atoms with Gasteiger partial charge in [0, 0.05) is 36.5 Å². The molecule has 0 unspecified atom stereocenters. The molecule has 29 heavy (non-hydrogen) atoms. The first-order chi connectivity index (χ1) is 13.8. The van der Waals surface area contributed by atoms with Gasteiger partial charge in [0.2, 0.25) is 10.0 Å². The first-order valence-electron chi connectivity index (χ1n) is 9.39. The predicted molar refractivity (Wildman–Crippen MR) is 116 cm³/mol. The van der Waals surface area contributed by atoms with Gasteiger partial charge >= 0.3 is 5.63 Å². The Balaban J connectivity index is 1.84. The van der Waals surface area contributed by atoms with Gasteiger partial charge < -0.3 is 4.42 Å². The predicted octanol–water partition coefficient (Wildman–Crippen LogP) is 4.13. The number of aromatic nitrogens is 1. The van der Waals surface area contributed by atoms with Crippen molar-refractivity contribution < 1.29 is 12.8 Å². The molecular formula is C21H24N2O4S2. The Bertz CT molecular complexity index is 1180. The zero-order valence-corrected chi connectivity index (χ0v) is 18.6. The Kier molecular flexibility index (Phi) is 6.45. The van der Waals surface area contributed by atoms with E-state index in [9.17, 15) is 13.2 Å². The molecule has 0 aliphatic heterocycles. The molecule has 6 nitrogen and oxygen atoms in total. The summed E-state index contributed by atoms with van der Waals surface area (Å²) in [4.78, 5) is 16.4. The molecule has 0 saturated heterocycles. The lowest BCUT2D eigenvalue weighted by Crippen LogP contribution is -2.30. The second-order valence-corrected chi connectivity index (χ2v) is 9.67. The minimum atomic E-state index is -3.52. The fraction of sp³-hybridized carbons (Fsp3) is 0.333. The van der Waals surface area contributed by atoms with E-state index in [0.29, 0.717) is 29.5 Å². The van der Waals surface area contributed by atoms with Gasteiger partial charge in [-0.15, -0.1) is 11.8 Å². The standard InChI is InChI=1S/C21H24N2O4S2/c1-5-23(6-2)29(25,26)17-7-8-20(22-12-17)28-13-16-11-21(24)27-19-10-15(4)14(3)9-18(16)19/h7-12H,5-6,13H2,1-4H3. The van der Waals surface area contributed by atoms with Crippen molar-refractivity contribution in [1.82, 2.24) is 9.29 Å². The second kappa shape index (κ2) is 8.69. The van der Waals surface area contributed by atoms with Gasteiger partial charge in [0.05, 0.1) is 5.03 Å². The summed E-state index contributed by atoms with van der Waals surface area (Å²) in [6.07, 6.45) is 1.39. The quantitative estimate of drug-likeness (QED) is 0.413. The van der Waals surface area contributed by atoms with Crippen LogP contribution in [0.2, 0.25) is 0 Å². The van der Waals surface area contributed by atoms with Crippen LogP contribution in [0.25, 0.3) is 11.0 Å². The van der Waals surface area contributed by atoms with Crippen molar-refractivity contribution in [2.24, 2.45) is 0 Å². The number of thioether (sulfide) groups is 1. The Morgan fingerprint density at radius 1 is 1.07 bits per heavy atom. The first kappa shape index (κ1) is 21.5. The molecule has 0 amide bonds. The fourth-order valence-corrected chi connectivity index (χ4v) is 5.31.